The number of nitrogens with zero attached hydrogens (tertiary/aromatic N) is 1. The van der Waals surface area contributed by atoms with Crippen molar-refractivity contribution >= 4 is 50.9 Å². The molecule has 0 saturated heterocycles. The second-order valence-electron chi connectivity index (χ2n) is 7.44. The van der Waals surface area contributed by atoms with Crippen LogP contribution in [0.3, 0.4) is 0 Å². The molecular weight excluding hydrogens is 472 g/mol. The smallest absolute Gasteiger partial charge is 0.283 e. The molecule has 1 N–H and O–H groups in total. The van der Waals surface area contributed by atoms with Crippen LogP contribution in [-0.4, -0.2) is 11.8 Å². The summed E-state index contributed by atoms with van der Waals surface area (Å²) >= 11 is 4.71. The van der Waals surface area contributed by atoms with Gasteiger partial charge in [-0.2, -0.15) is 0 Å². The van der Waals surface area contributed by atoms with Crippen molar-refractivity contribution in [3.8, 4) is 0 Å². The standard InChI is InChI=1S/C25H21BrN2O2S/c1-16(2)17-8-14-20(15-9-17)28-24(29)22(27-19-12-10-18(26)11-13-19)23(25(28)30)31-21-6-4-3-5-7-21/h3-16,27H,1-2H3. The highest BCUT2D eigenvalue weighted by atomic mass is 79.9. The van der Waals surface area contributed by atoms with E-state index in [2.05, 4.69) is 35.1 Å². The molecule has 0 unspecified atom stereocenters. The Morgan fingerprint density at radius 1 is 0.839 bits per heavy atom. The van der Waals surface area contributed by atoms with Crippen LogP contribution >= 0.6 is 27.7 Å². The number of carbonyl (C=O) groups is 2. The van der Waals surface area contributed by atoms with Gasteiger partial charge in [-0.3, -0.25) is 9.59 Å². The van der Waals surface area contributed by atoms with E-state index in [0.29, 0.717) is 16.5 Å². The number of benzene rings is 3. The van der Waals surface area contributed by atoms with Crippen LogP contribution < -0.4 is 10.2 Å². The van der Waals surface area contributed by atoms with Crippen LogP contribution in [0.1, 0.15) is 25.3 Å². The van der Waals surface area contributed by atoms with Crippen molar-refractivity contribution in [3.63, 3.8) is 0 Å². The minimum atomic E-state index is -0.358. The number of rotatable bonds is 6. The molecule has 31 heavy (non-hydrogen) atoms. The fourth-order valence-corrected chi connectivity index (χ4v) is 4.45. The maximum Gasteiger partial charge on any atom is 0.283 e. The number of carbonyl (C=O) groups excluding carboxylic acids is 2. The van der Waals surface area contributed by atoms with E-state index < -0.39 is 0 Å². The first kappa shape index (κ1) is 21.4. The first-order chi connectivity index (χ1) is 14.9. The minimum absolute atomic E-state index is 0.286. The van der Waals surface area contributed by atoms with Gasteiger partial charge in [0.25, 0.3) is 11.8 Å². The van der Waals surface area contributed by atoms with Crippen molar-refractivity contribution in [2.75, 3.05) is 10.2 Å². The van der Waals surface area contributed by atoms with Crippen LogP contribution in [0.5, 0.6) is 0 Å². The van der Waals surface area contributed by atoms with Crippen LogP contribution in [0, 0.1) is 0 Å². The van der Waals surface area contributed by atoms with E-state index in [1.165, 1.54) is 16.7 Å². The summed E-state index contributed by atoms with van der Waals surface area (Å²) in [5.74, 6) is -0.310. The van der Waals surface area contributed by atoms with E-state index >= 15 is 0 Å². The van der Waals surface area contributed by atoms with Crippen LogP contribution in [-0.2, 0) is 9.59 Å². The molecule has 4 rings (SSSR count). The summed E-state index contributed by atoms with van der Waals surface area (Å²) in [6.45, 7) is 4.22. The van der Waals surface area contributed by atoms with Crippen molar-refractivity contribution in [2.45, 2.75) is 24.7 Å². The Kier molecular flexibility index (Phi) is 6.30. The van der Waals surface area contributed by atoms with Crippen LogP contribution in [0.2, 0.25) is 0 Å². The molecule has 2 amide bonds. The summed E-state index contributed by atoms with van der Waals surface area (Å²) in [5, 5.41) is 3.17. The molecule has 0 atom stereocenters. The number of hydrogen-bond acceptors (Lipinski definition) is 4. The van der Waals surface area contributed by atoms with Gasteiger partial charge in [-0.1, -0.05) is 71.9 Å². The van der Waals surface area contributed by atoms with E-state index in [-0.39, 0.29) is 17.5 Å². The third-order valence-electron chi connectivity index (χ3n) is 4.94. The zero-order valence-corrected chi connectivity index (χ0v) is 19.5. The highest BCUT2D eigenvalue weighted by molar-refractivity contribution is 9.10. The average molecular weight is 493 g/mol. The molecule has 156 valence electrons. The van der Waals surface area contributed by atoms with Gasteiger partial charge in [0, 0.05) is 15.1 Å². The fourth-order valence-electron chi connectivity index (χ4n) is 3.24. The zero-order chi connectivity index (χ0) is 22.0. The molecule has 6 heteroatoms. The first-order valence-corrected chi connectivity index (χ1v) is 11.5. The quantitative estimate of drug-likeness (QED) is 0.395. The van der Waals surface area contributed by atoms with Crippen molar-refractivity contribution in [3.05, 3.63) is 99.5 Å². The van der Waals surface area contributed by atoms with E-state index in [1.54, 1.807) is 0 Å². The molecule has 1 heterocycles. The lowest BCUT2D eigenvalue weighted by atomic mass is 10.0. The number of nitrogens with one attached hydrogen (secondary N) is 1. The predicted octanol–water partition coefficient (Wildman–Crippen LogP) is 6.56. The second-order valence-corrected chi connectivity index (χ2v) is 9.44. The molecule has 4 nitrogen and oxygen atoms in total. The number of thioether (sulfide) groups is 1. The second kappa shape index (κ2) is 9.12. The molecular formula is C25H21BrN2O2S. The molecule has 0 spiro atoms. The largest absolute Gasteiger partial charge is 0.350 e. The summed E-state index contributed by atoms with van der Waals surface area (Å²) in [6, 6.07) is 24.7. The first-order valence-electron chi connectivity index (χ1n) is 9.92. The van der Waals surface area contributed by atoms with E-state index in [9.17, 15) is 9.59 Å². The Hall–Kier alpha value is -2.83. The number of imide groups is 1. The third-order valence-corrected chi connectivity index (χ3v) is 6.56. The lowest BCUT2D eigenvalue weighted by molar-refractivity contribution is -0.120. The number of hydrogen-bond donors (Lipinski definition) is 1. The summed E-state index contributed by atoms with van der Waals surface area (Å²) in [7, 11) is 0. The Labute approximate surface area is 194 Å². The van der Waals surface area contributed by atoms with Crippen molar-refractivity contribution < 1.29 is 9.59 Å². The van der Waals surface area contributed by atoms with Crippen molar-refractivity contribution in [1.29, 1.82) is 0 Å². The van der Waals surface area contributed by atoms with Gasteiger partial charge in [0.05, 0.1) is 5.69 Å². The van der Waals surface area contributed by atoms with Gasteiger partial charge in [0.2, 0.25) is 0 Å². The summed E-state index contributed by atoms with van der Waals surface area (Å²) in [4.78, 5) is 29.3. The molecule has 3 aromatic rings. The normalized spacial score (nSPS) is 14.0. The number of amides is 2. The van der Waals surface area contributed by atoms with E-state index in [1.807, 2.05) is 78.9 Å². The zero-order valence-electron chi connectivity index (χ0n) is 17.1. The van der Waals surface area contributed by atoms with Gasteiger partial charge in [0.15, 0.2) is 0 Å². The maximum atomic E-state index is 13.4. The fraction of sp³-hybridized carbons (Fsp3) is 0.120. The molecule has 0 bridgehead atoms. The van der Waals surface area contributed by atoms with Gasteiger partial charge >= 0.3 is 0 Å². The topological polar surface area (TPSA) is 49.4 Å². The Morgan fingerprint density at radius 2 is 1.48 bits per heavy atom. The van der Waals surface area contributed by atoms with Crippen LogP contribution in [0.15, 0.2) is 98.8 Å². The van der Waals surface area contributed by atoms with Gasteiger partial charge in [-0.15, -0.1) is 0 Å². The molecule has 1 aliphatic rings. The highest BCUT2D eigenvalue weighted by Gasteiger charge is 2.40. The third kappa shape index (κ3) is 4.60. The summed E-state index contributed by atoms with van der Waals surface area (Å²) < 4.78 is 0.937. The molecule has 0 radical (unpaired) electrons. The van der Waals surface area contributed by atoms with E-state index in [4.69, 9.17) is 0 Å². The monoisotopic (exact) mass is 492 g/mol. The SMILES string of the molecule is CC(C)c1ccc(N2C(=O)C(Nc3ccc(Br)cc3)=C(Sc3ccccc3)C2=O)cc1. The Bertz CT molecular complexity index is 1140. The minimum Gasteiger partial charge on any atom is -0.350 e. The molecule has 0 fully saturated rings. The molecule has 0 aliphatic carbocycles. The molecule has 1 aliphatic heterocycles. The van der Waals surface area contributed by atoms with Crippen LogP contribution in [0.4, 0.5) is 11.4 Å². The molecule has 0 saturated carbocycles. The predicted molar refractivity (Wildman–Crippen MR) is 130 cm³/mol. The van der Waals surface area contributed by atoms with Gasteiger partial charge in [-0.05, 0) is 60.0 Å². The van der Waals surface area contributed by atoms with Crippen LogP contribution in [0.25, 0.3) is 0 Å². The highest BCUT2D eigenvalue weighted by Crippen LogP contribution is 2.38. The number of anilines is 2. The van der Waals surface area contributed by atoms with Gasteiger partial charge < -0.3 is 5.32 Å². The molecule has 0 aromatic heterocycles. The summed E-state index contributed by atoms with van der Waals surface area (Å²) in [5.41, 5.74) is 2.75. The van der Waals surface area contributed by atoms with Gasteiger partial charge in [0.1, 0.15) is 10.6 Å². The maximum absolute atomic E-state index is 13.4. The lowest BCUT2D eigenvalue weighted by Crippen LogP contribution is -2.32. The Morgan fingerprint density at radius 3 is 2.10 bits per heavy atom. The average Bonchev–Trinajstić information content (AvgIpc) is 3.00. The lowest BCUT2D eigenvalue weighted by Gasteiger charge is -2.16. The summed E-state index contributed by atoms with van der Waals surface area (Å²) in [6.07, 6.45) is 0. The number of halogens is 1. The van der Waals surface area contributed by atoms with Crippen molar-refractivity contribution in [1.82, 2.24) is 0 Å². The van der Waals surface area contributed by atoms with Gasteiger partial charge in [-0.25, -0.2) is 4.90 Å². The van der Waals surface area contributed by atoms with E-state index in [0.717, 1.165) is 20.6 Å². The Balaban J connectivity index is 1.71. The van der Waals surface area contributed by atoms with Crippen molar-refractivity contribution in [2.24, 2.45) is 0 Å². The molecule has 3 aromatic carbocycles.